The second-order valence-corrected chi connectivity index (χ2v) is 6.36. The topological polar surface area (TPSA) is 103 Å². The first-order chi connectivity index (χ1) is 12.2. The quantitative estimate of drug-likeness (QED) is 0.695. The van der Waals surface area contributed by atoms with Crippen molar-refractivity contribution in [3.63, 3.8) is 0 Å². The molecule has 9 heteroatoms. The third-order valence-electron chi connectivity index (χ3n) is 3.56. The SMILES string of the molecule is Cl.NCCCC(=O)Nc1cc2c(cc1NC(=O)c1cccs1)OCCO2. The summed E-state index contributed by atoms with van der Waals surface area (Å²) in [6.45, 7) is 1.32. The Kier molecular flexibility index (Phi) is 7.26. The maximum Gasteiger partial charge on any atom is 0.265 e. The van der Waals surface area contributed by atoms with Gasteiger partial charge in [-0.2, -0.15) is 0 Å². The van der Waals surface area contributed by atoms with Crippen LogP contribution in [0.15, 0.2) is 29.6 Å². The zero-order valence-corrected chi connectivity index (χ0v) is 15.6. The Morgan fingerprint density at radius 1 is 1.12 bits per heavy atom. The van der Waals surface area contributed by atoms with Crippen LogP contribution in [0.5, 0.6) is 11.5 Å². The molecule has 0 bridgehead atoms. The molecule has 1 aromatic heterocycles. The van der Waals surface area contributed by atoms with E-state index in [-0.39, 0.29) is 24.2 Å². The van der Waals surface area contributed by atoms with Crippen LogP contribution in [0.2, 0.25) is 0 Å². The number of hydrogen-bond acceptors (Lipinski definition) is 6. The van der Waals surface area contributed by atoms with Gasteiger partial charge in [0.25, 0.3) is 5.91 Å². The van der Waals surface area contributed by atoms with E-state index in [1.807, 2.05) is 5.38 Å². The second-order valence-electron chi connectivity index (χ2n) is 5.41. The van der Waals surface area contributed by atoms with Gasteiger partial charge in [-0.25, -0.2) is 0 Å². The standard InChI is InChI=1S/C17H19N3O4S.ClH/c18-5-1-4-16(21)19-11-9-13-14(24-7-6-23-13)10-12(11)20-17(22)15-3-2-8-25-15;/h2-3,8-10H,1,4-7,18H2,(H,19,21)(H,20,22);1H. The van der Waals surface area contributed by atoms with E-state index in [0.29, 0.717) is 60.4 Å². The summed E-state index contributed by atoms with van der Waals surface area (Å²) >= 11 is 1.34. The van der Waals surface area contributed by atoms with Crippen LogP contribution >= 0.6 is 23.7 Å². The maximum absolute atomic E-state index is 12.4. The summed E-state index contributed by atoms with van der Waals surface area (Å²) in [6.07, 6.45) is 0.899. The van der Waals surface area contributed by atoms with Crippen molar-refractivity contribution in [1.29, 1.82) is 0 Å². The fourth-order valence-corrected chi connectivity index (χ4v) is 2.98. The molecule has 0 fully saturated rings. The number of ether oxygens (including phenoxy) is 2. The van der Waals surface area contributed by atoms with Crippen molar-refractivity contribution < 1.29 is 19.1 Å². The number of fused-ring (bicyclic) bond motifs is 1. The number of rotatable bonds is 6. The average Bonchev–Trinajstić information content (AvgIpc) is 3.15. The number of halogens is 1. The molecule has 2 amide bonds. The predicted molar refractivity (Wildman–Crippen MR) is 104 cm³/mol. The molecule has 0 atom stereocenters. The molecule has 0 unspecified atom stereocenters. The van der Waals surface area contributed by atoms with Crippen molar-refractivity contribution in [2.75, 3.05) is 30.4 Å². The Hall–Kier alpha value is -2.29. The van der Waals surface area contributed by atoms with Gasteiger partial charge in [0.2, 0.25) is 5.91 Å². The van der Waals surface area contributed by atoms with Crippen molar-refractivity contribution in [1.82, 2.24) is 0 Å². The molecule has 4 N–H and O–H groups in total. The summed E-state index contributed by atoms with van der Waals surface area (Å²) in [7, 11) is 0. The summed E-state index contributed by atoms with van der Waals surface area (Å²) in [5.41, 5.74) is 6.37. The van der Waals surface area contributed by atoms with E-state index >= 15 is 0 Å². The van der Waals surface area contributed by atoms with Crippen molar-refractivity contribution in [3.05, 3.63) is 34.5 Å². The molecule has 7 nitrogen and oxygen atoms in total. The summed E-state index contributed by atoms with van der Waals surface area (Å²) in [5, 5.41) is 7.45. The molecule has 0 saturated heterocycles. The smallest absolute Gasteiger partial charge is 0.265 e. The van der Waals surface area contributed by atoms with E-state index in [9.17, 15) is 9.59 Å². The van der Waals surface area contributed by atoms with Crippen LogP contribution in [0.3, 0.4) is 0 Å². The number of benzene rings is 1. The lowest BCUT2D eigenvalue weighted by Gasteiger charge is -2.21. The highest BCUT2D eigenvalue weighted by Crippen LogP contribution is 2.38. The minimum atomic E-state index is -0.246. The lowest BCUT2D eigenvalue weighted by atomic mass is 10.2. The van der Waals surface area contributed by atoms with Gasteiger partial charge in [-0.15, -0.1) is 23.7 Å². The second kappa shape index (κ2) is 9.42. The van der Waals surface area contributed by atoms with E-state index in [0.717, 1.165) is 0 Å². The van der Waals surface area contributed by atoms with Gasteiger partial charge >= 0.3 is 0 Å². The monoisotopic (exact) mass is 397 g/mol. The molecule has 0 aliphatic carbocycles. The highest BCUT2D eigenvalue weighted by molar-refractivity contribution is 7.12. The molecule has 2 aromatic rings. The van der Waals surface area contributed by atoms with Gasteiger partial charge in [0.15, 0.2) is 11.5 Å². The van der Waals surface area contributed by atoms with Crippen LogP contribution in [0.4, 0.5) is 11.4 Å². The van der Waals surface area contributed by atoms with Gasteiger partial charge in [-0.1, -0.05) is 6.07 Å². The van der Waals surface area contributed by atoms with E-state index in [4.69, 9.17) is 15.2 Å². The Bertz CT molecular complexity index is 768. The highest BCUT2D eigenvalue weighted by Gasteiger charge is 2.19. The summed E-state index contributed by atoms with van der Waals surface area (Å²) in [5.74, 6) is 0.653. The Labute approximate surface area is 161 Å². The van der Waals surface area contributed by atoms with Crippen molar-refractivity contribution in [3.8, 4) is 11.5 Å². The largest absolute Gasteiger partial charge is 0.486 e. The summed E-state index contributed by atoms with van der Waals surface area (Å²) in [4.78, 5) is 25.0. The Morgan fingerprint density at radius 2 is 1.77 bits per heavy atom. The van der Waals surface area contributed by atoms with Crippen LogP contribution in [-0.2, 0) is 4.79 Å². The van der Waals surface area contributed by atoms with Gasteiger partial charge in [0.05, 0.1) is 16.3 Å². The van der Waals surface area contributed by atoms with Crippen LogP contribution < -0.4 is 25.8 Å². The zero-order chi connectivity index (χ0) is 17.6. The van der Waals surface area contributed by atoms with Gasteiger partial charge in [0, 0.05) is 18.6 Å². The van der Waals surface area contributed by atoms with Gasteiger partial charge in [-0.05, 0) is 24.4 Å². The zero-order valence-electron chi connectivity index (χ0n) is 13.9. The number of nitrogens with one attached hydrogen (secondary N) is 2. The summed E-state index contributed by atoms with van der Waals surface area (Å²) < 4.78 is 11.1. The van der Waals surface area contributed by atoms with Crippen LogP contribution in [0.25, 0.3) is 0 Å². The number of carbonyl (C=O) groups is 2. The molecule has 1 aromatic carbocycles. The minimum Gasteiger partial charge on any atom is -0.486 e. The van der Waals surface area contributed by atoms with Crippen LogP contribution in [-0.4, -0.2) is 31.6 Å². The number of nitrogens with two attached hydrogens (primary N) is 1. The molecule has 0 saturated carbocycles. The lowest BCUT2D eigenvalue weighted by molar-refractivity contribution is -0.116. The van der Waals surface area contributed by atoms with Gasteiger partial charge in [0.1, 0.15) is 13.2 Å². The molecule has 26 heavy (non-hydrogen) atoms. The van der Waals surface area contributed by atoms with E-state index in [1.54, 1.807) is 24.3 Å². The first kappa shape index (κ1) is 20.0. The van der Waals surface area contributed by atoms with Crippen molar-refractivity contribution in [2.45, 2.75) is 12.8 Å². The fraction of sp³-hybridized carbons (Fsp3) is 0.294. The number of thiophene rings is 1. The summed E-state index contributed by atoms with van der Waals surface area (Å²) in [6, 6.07) is 6.87. The molecule has 0 radical (unpaired) electrons. The third kappa shape index (κ3) is 4.87. The molecule has 0 spiro atoms. The van der Waals surface area contributed by atoms with E-state index < -0.39 is 0 Å². The van der Waals surface area contributed by atoms with E-state index in [1.165, 1.54) is 11.3 Å². The predicted octanol–water partition coefficient (Wildman–Crippen LogP) is 2.87. The highest BCUT2D eigenvalue weighted by atomic mass is 35.5. The molecule has 1 aliphatic rings. The fourth-order valence-electron chi connectivity index (χ4n) is 2.36. The van der Waals surface area contributed by atoms with Gasteiger partial charge < -0.3 is 25.8 Å². The van der Waals surface area contributed by atoms with Crippen LogP contribution in [0.1, 0.15) is 22.5 Å². The Morgan fingerprint density at radius 3 is 2.35 bits per heavy atom. The molecular weight excluding hydrogens is 378 g/mol. The number of amides is 2. The normalized spacial score (nSPS) is 12.0. The van der Waals surface area contributed by atoms with Crippen molar-refractivity contribution >= 4 is 46.9 Å². The van der Waals surface area contributed by atoms with Crippen LogP contribution in [0, 0.1) is 0 Å². The lowest BCUT2D eigenvalue weighted by Crippen LogP contribution is -2.19. The third-order valence-corrected chi connectivity index (χ3v) is 4.43. The Balaban J connectivity index is 0.00000243. The van der Waals surface area contributed by atoms with Gasteiger partial charge in [-0.3, -0.25) is 9.59 Å². The molecule has 1 aliphatic heterocycles. The minimum absolute atomic E-state index is 0. The first-order valence-electron chi connectivity index (χ1n) is 7.96. The molecular formula is C17H20ClN3O4S. The maximum atomic E-state index is 12.4. The number of carbonyl (C=O) groups excluding carboxylic acids is 2. The molecule has 2 heterocycles. The first-order valence-corrected chi connectivity index (χ1v) is 8.84. The molecule has 140 valence electrons. The number of hydrogen-bond donors (Lipinski definition) is 3. The molecule has 3 rings (SSSR count). The van der Waals surface area contributed by atoms with Crippen molar-refractivity contribution in [2.24, 2.45) is 5.73 Å². The number of anilines is 2. The average molecular weight is 398 g/mol. The van der Waals surface area contributed by atoms with E-state index in [2.05, 4.69) is 10.6 Å².